The number of alkyl halides is 6. The Morgan fingerprint density at radius 1 is 1.17 bits per heavy atom. The van der Waals surface area contributed by atoms with Gasteiger partial charge < -0.3 is 19.5 Å². The molecule has 0 aliphatic carbocycles. The number of aryl methyl sites for hydroxylation is 1. The molecule has 2 saturated heterocycles. The maximum absolute atomic E-state index is 10.6. The molecule has 2 aliphatic heterocycles. The van der Waals surface area contributed by atoms with Crippen LogP contribution in [0, 0.1) is 12.8 Å². The monoisotopic (exact) mass is 514 g/mol. The van der Waals surface area contributed by atoms with Crippen LogP contribution in [0.5, 0.6) is 0 Å². The minimum Gasteiger partial charge on any atom is -0.475 e. The molecule has 2 fully saturated rings. The summed E-state index contributed by atoms with van der Waals surface area (Å²) < 4.78 is 74.7. The van der Waals surface area contributed by atoms with E-state index in [-0.39, 0.29) is 5.41 Å². The van der Waals surface area contributed by atoms with Crippen molar-refractivity contribution in [2.24, 2.45) is 5.92 Å². The molecule has 4 rings (SSSR count). The molecule has 2 aliphatic rings. The molecule has 4 heterocycles. The lowest BCUT2D eigenvalue weighted by Crippen LogP contribution is -2.35. The number of halogens is 6. The van der Waals surface area contributed by atoms with Crippen molar-refractivity contribution in [1.29, 1.82) is 0 Å². The Labute approximate surface area is 193 Å². The van der Waals surface area contributed by atoms with Gasteiger partial charge in [0.25, 0.3) is 0 Å². The highest BCUT2D eigenvalue weighted by molar-refractivity contribution is 5.73. The zero-order valence-electron chi connectivity index (χ0n) is 18.0. The van der Waals surface area contributed by atoms with Crippen molar-refractivity contribution >= 4 is 11.9 Å². The standard InChI is InChI=1S/C15H18N4O2.2C2HF3O2/c1-11-17-14(21-18-11)15-9-19(7-13(15)8-20-10-15)6-12-3-2-4-16-5-12;2*3-2(4,5)1(6)7/h2-5,13H,6-10H2,1H3;2*(H,6,7)/t13-,15-;;/m1../s1. The Morgan fingerprint density at radius 3 is 2.23 bits per heavy atom. The van der Waals surface area contributed by atoms with Gasteiger partial charge >= 0.3 is 24.3 Å². The number of aromatic nitrogens is 3. The van der Waals surface area contributed by atoms with Gasteiger partial charge in [-0.2, -0.15) is 31.3 Å². The summed E-state index contributed by atoms with van der Waals surface area (Å²) in [6.45, 7) is 6.09. The largest absolute Gasteiger partial charge is 0.490 e. The second-order valence-electron chi connectivity index (χ2n) is 7.65. The lowest BCUT2D eigenvalue weighted by atomic mass is 9.81. The van der Waals surface area contributed by atoms with E-state index in [9.17, 15) is 26.3 Å². The third-order valence-electron chi connectivity index (χ3n) is 5.01. The first-order valence-corrected chi connectivity index (χ1v) is 9.75. The maximum atomic E-state index is 10.6. The second-order valence-corrected chi connectivity index (χ2v) is 7.65. The molecule has 16 heteroatoms. The predicted octanol–water partition coefficient (Wildman–Crippen LogP) is 2.44. The minimum atomic E-state index is -5.08. The molecular formula is C19H20F6N4O6. The number of carboxylic acid groups (broad SMARTS) is 2. The second kappa shape index (κ2) is 11.0. The van der Waals surface area contributed by atoms with Gasteiger partial charge in [-0.25, -0.2) is 9.59 Å². The smallest absolute Gasteiger partial charge is 0.475 e. The molecule has 0 amide bonds. The average Bonchev–Trinajstić information content (AvgIpc) is 3.42. The molecule has 0 bridgehead atoms. The Bertz CT molecular complexity index is 976. The van der Waals surface area contributed by atoms with Crippen molar-refractivity contribution in [3.8, 4) is 0 Å². The van der Waals surface area contributed by atoms with Gasteiger partial charge in [-0.1, -0.05) is 11.2 Å². The molecule has 2 aromatic rings. The summed E-state index contributed by atoms with van der Waals surface area (Å²) in [6, 6.07) is 4.09. The molecule has 0 saturated carbocycles. The lowest BCUT2D eigenvalue weighted by Gasteiger charge is -2.22. The van der Waals surface area contributed by atoms with Gasteiger partial charge in [-0.3, -0.25) is 9.88 Å². The van der Waals surface area contributed by atoms with Crippen molar-refractivity contribution in [2.45, 2.75) is 31.2 Å². The first-order chi connectivity index (χ1) is 16.1. The molecule has 0 unspecified atom stereocenters. The van der Waals surface area contributed by atoms with Gasteiger partial charge in [0.05, 0.1) is 18.6 Å². The fraction of sp³-hybridized carbons (Fsp3) is 0.526. The van der Waals surface area contributed by atoms with Crippen molar-refractivity contribution in [1.82, 2.24) is 20.0 Å². The van der Waals surface area contributed by atoms with Gasteiger partial charge in [-0.05, 0) is 18.6 Å². The molecule has 35 heavy (non-hydrogen) atoms. The summed E-state index contributed by atoms with van der Waals surface area (Å²) in [7, 11) is 0. The summed E-state index contributed by atoms with van der Waals surface area (Å²) in [5.41, 5.74) is 1.10. The van der Waals surface area contributed by atoms with Crippen molar-refractivity contribution < 1.29 is 55.4 Å². The maximum Gasteiger partial charge on any atom is 0.490 e. The van der Waals surface area contributed by atoms with E-state index in [1.807, 2.05) is 19.2 Å². The molecule has 2 aromatic heterocycles. The molecule has 0 aromatic carbocycles. The number of rotatable bonds is 3. The predicted molar refractivity (Wildman–Crippen MR) is 102 cm³/mol. The molecule has 10 nitrogen and oxygen atoms in total. The van der Waals surface area contributed by atoms with Crippen molar-refractivity contribution in [3.05, 3.63) is 41.8 Å². The van der Waals surface area contributed by atoms with E-state index in [0.717, 1.165) is 32.1 Å². The van der Waals surface area contributed by atoms with Crippen LogP contribution in [-0.4, -0.2) is 80.8 Å². The number of carbonyl (C=O) groups is 2. The summed E-state index contributed by atoms with van der Waals surface area (Å²) in [6.07, 6.45) is -6.44. The third kappa shape index (κ3) is 7.61. The van der Waals surface area contributed by atoms with E-state index in [4.69, 9.17) is 29.1 Å². The number of hydrogen-bond donors (Lipinski definition) is 2. The number of nitrogens with zero attached hydrogens (tertiary/aromatic N) is 4. The van der Waals surface area contributed by atoms with E-state index >= 15 is 0 Å². The molecule has 2 atom stereocenters. The van der Waals surface area contributed by atoms with Gasteiger partial charge in [-0.15, -0.1) is 0 Å². The topological polar surface area (TPSA) is 139 Å². The zero-order valence-corrected chi connectivity index (χ0v) is 18.0. The van der Waals surface area contributed by atoms with Crippen LogP contribution in [0.25, 0.3) is 0 Å². The van der Waals surface area contributed by atoms with Crippen LogP contribution in [0.15, 0.2) is 29.0 Å². The number of hydrogen-bond acceptors (Lipinski definition) is 8. The molecule has 2 N–H and O–H groups in total. The number of pyridine rings is 1. The van der Waals surface area contributed by atoms with Crippen LogP contribution in [-0.2, 0) is 26.3 Å². The number of aliphatic carboxylic acids is 2. The van der Waals surface area contributed by atoms with Crippen LogP contribution in [0.4, 0.5) is 26.3 Å². The highest BCUT2D eigenvalue weighted by Crippen LogP contribution is 2.43. The van der Waals surface area contributed by atoms with Gasteiger partial charge in [0.15, 0.2) is 5.82 Å². The molecule has 0 radical (unpaired) electrons. The normalized spacial score (nSPS) is 21.9. The van der Waals surface area contributed by atoms with Gasteiger partial charge in [0.2, 0.25) is 5.89 Å². The van der Waals surface area contributed by atoms with Crippen molar-refractivity contribution in [3.63, 3.8) is 0 Å². The van der Waals surface area contributed by atoms with Crippen molar-refractivity contribution in [2.75, 3.05) is 26.3 Å². The summed E-state index contributed by atoms with van der Waals surface area (Å²) in [5, 5.41) is 18.2. The summed E-state index contributed by atoms with van der Waals surface area (Å²) >= 11 is 0. The van der Waals surface area contributed by atoms with E-state index in [1.54, 1.807) is 6.20 Å². The van der Waals surface area contributed by atoms with E-state index < -0.39 is 24.3 Å². The van der Waals surface area contributed by atoms with Gasteiger partial charge in [0.1, 0.15) is 0 Å². The molecule has 194 valence electrons. The summed E-state index contributed by atoms with van der Waals surface area (Å²) in [4.78, 5) is 28.9. The fourth-order valence-corrected chi connectivity index (χ4v) is 3.51. The first kappa shape index (κ1) is 28.0. The fourth-order valence-electron chi connectivity index (χ4n) is 3.51. The molecule has 0 spiro atoms. The molecular weight excluding hydrogens is 494 g/mol. The summed E-state index contributed by atoms with van der Waals surface area (Å²) in [5.74, 6) is -3.67. The van der Waals surface area contributed by atoms with E-state index in [0.29, 0.717) is 18.3 Å². The zero-order chi connectivity index (χ0) is 26.4. The Morgan fingerprint density at radius 2 is 1.77 bits per heavy atom. The van der Waals surface area contributed by atoms with Crippen LogP contribution in [0.1, 0.15) is 17.3 Å². The highest BCUT2D eigenvalue weighted by atomic mass is 19.4. The van der Waals surface area contributed by atoms with E-state index in [1.165, 1.54) is 5.56 Å². The highest BCUT2D eigenvalue weighted by Gasteiger charge is 2.55. The van der Waals surface area contributed by atoms with Crippen LogP contribution in [0.2, 0.25) is 0 Å². The number of carboxylic acids is 2. The van der Waals surface area contributed by atoms with Crippen LogP contribution in [0.3, 0.4) is 0 Å². The Hall–Kier alpha value is -3.27. The van der Waals surface area contributed by atoms with Crippen LogP contribution < -0.4 is 0 Å². The minimum absolute atomic E-state index is 0.135. The number of likely N-dealkylation sites (tertiary alicyclic amines) is 1. The lowest BCUT2D eigenvalue weighted by molar-refractivity contribution is -0.193. The van der Waals surface area contributed by atoms with Crippen LogP contribution >= 0.6 is 0 Å². The van der Waals surface area contributed by atoms with E-state index in [2.05, 4.69) is 26.1 Å². The SMILES string of the molecule is Cc1noc([C@]23COC[C@H]2CN(Cc2cccnc2)C3)n1.O=C(O)C(F)(F)F.O=C(O)C(F)(F)F. The average molecular weight is 514 g/mol. The Balaban J connectivity index is 0.000000257. The third-order valence-corrected chi connectivity index (χ3v) is 5.01. The van der Waals surface area contributed by atoms with Gasteiger partial charge in [0, 0.05) is 37.9 Å². The number of ether oxygens (including phenoxy) is 1. The number of fused-ring (bicyclic) bond motifs is 1. The first-order valence-electron chi connectivity index (χ1n) is 9.75. The quantitative estimate of drug-likeness (QED) is 0.587. The Kier molecular flexibility index (Phi) is 8.78.